The molecule has 0 bridgehead atoms. The Morgan fingerprint density at radius 1 is 0.963 bits per heavy atom. The fourth-order valence-electron chi connectivity index (χ4n) is 1.77. The van der Waals surface area contributed by atoms with E-state index in [0.717, 1.165) is 4.90 Å². The Morgan fingerprint density at radius 2 is 1.44 bits per heavy atom. The van der Waals surface area contributed by atoms with E-state index < -0.39 is 18.3 Å². The maximum Gasteiger partial charge on any atom is 0.305 e. The van der Waals surface area contributed by atoms with Crippen LogP contribution in [0.4, 0.5) is 0 Å². The van der Waals surface area contributed by atoms with Crippen molar-refractivity contribution < 1.29 is 9.90 Å². The molecule has 146 valence electrons. The van der Waals surface area contributed by atoms with Crippen molar-refractivity contribution >= 4 is 98.9 Å². The van der Waals surface area contributed by atoms with Crippen molar-refractivity contribution in [3.05, 3.63) is 35.9 Å². The molecule has 2 aromatic rings. The average Bonchev–Trinajstić information content (AvgIpc) is 2.52. The summed E-state index contributed by atoms with van der Waals surface area (Å²) >= 11 is 42.2. The number of carboxylic acids is 1. The zero-order valence-corrected chi connectivity index (χ0v) is 19.0. The lowest BCUT2D eigenvalue weighted by molar-refractivity contribution is -0.136. The zero-order valence-electron chi connectivity index (χ0n) is 12.8. The summed E-state index contributed by atoms with van der Waals surface area (Å²) in [5.41, 5.74) is 0.539. The molecule has 1 unspecified atom stereocenters. The quantitative estimate of drug-likeness (QED) is 0.360. The van der Waals surface area contributed by atoms with Gasteiger partial charge in [-0.05, 0) is 12.1 Å². The van der Waals surface area contributed by atoms with Crippen LogP contribution in [0.2, 0.25) is 0 Å². The first-order valence-electron chi connectivity index (χ1n) is 6.89. The number of carboxylic acid groups (broad SMARTS) is 1. The molecule has 0 radical (unpaired) electrons. The number of aromatic nitrogens is 3. The molecule has 5 nitrogen and oxygen atoms in total. The molecule has 0 saturated carbocycles. The highest BCUT2D eigenvalue weighted by Gasteiger charge is 2.34. The van der Waals surface area contributed by atoms with E-state index in [1.54, 1.807) is 24.3 Å². The largest absolute Gasteiger partial charge is 0.481 e. The van der Waals surface area contributed by atoms with Gasteiger partial charge in [-0.15, -0.1) is 23.4 Å². The highest BCUT2D eigenvalue weighted by Crippen LogP contribution is 2.41. The number of alkyl halides is 7. The molecule has 0 amide bonds. The molecule has 1 atom stereocenters. The monoisotopic (exact) mass is 527 g/mol. The van der Waals surface area contributed by atoms with Gasteiger partial charge in [-0.25, -0.2) is 15.0 Å². The summed E-state index contributed by atoms with van der Waals surface area (Å²) in [5, 5.41) is 8.75. The summed E-state index contributed by atoms with van der Waals surface area (Å²) in [7, 11) is 0. The fraction of sp³-hybridized carbons (Fsp3) is 0.286. The minimum atomic E-state index is -1.94. The van der Waals surface area contributed by atoms with E-state index in [9.17, 15) is 4.79 Å². The van der Waals surface area contributed by atoms with Crippen LogP contribution in [-0.4, -0.2) is 30.7 Å². The number of thioether (sulfide) groups is 1. The van der Waals surface area contributed by atoms with Crippen molar-refractivity contribution in [2.24, 2.45) is 0 Å². The molecule has 2 rings (SSSR count). The van der Waals surface area contributed by atoms with Crippen LogP contribution in [0.1, 0.15) is 18.1 Å². The molecule has 1 aromatic carbocycles. The third kappa shape index (κ3) is 7.12. The molecule has 0 aliphatic rings. The Bertz CT molecular complexity index is 793. The number of hydrogen-bond acceptors (Lipinski definition) is 5. The lowest BCUT2D eigenvalue weighted by atomic mass is 10.2. The van der Waals surface area contributed by atoms with Gasteiger partial charge in [0.1, 0.15) is 0 Å². The van der Waals surface area contributed by atoms with Gasteiger partial charge in [0.25, 0.3) is 0 Å². The Morgan fingerprint density at radius 3 is 1.85 bits per heavy atom. The second-order valence-corrected chi connectivity index (χ2v) is 11.6. The highest BCUT2D eigenvalue weighted by atomic mass is 35.6. The van der Waals surface area contributed by atoms with E-state index >= 15 is 0 Å². The van der Waals surface area contributed by atoms with Gasteiger partial charge in [0, 0.05) is 10.5 Å². The molecular weight excluding hydrogens is 522 g/mol. The molecule has 13 heteroatoms. The highest BCUT2D eigenvalue weighted by molar-refractivity contribution is 8.01. The Hall–Kier alpha value is 0.0800. The van der Waals surface area contributed by atoms with E-state index in [2.05, 4.69) is 15.0 Å². The van der Waals surface area contributed by atoms with Crippen LogP contribution in [0.3, 0.4) is 0 Å². The van der Waals surface area contributed by atoms with E-state index in [1.807, 2.05) is 0 Å². The molecule has 1 heterocycles. The summed E-state index contributed by atoms with van der Waals surface area (Å²) in [6.07, 6.45) is -0.180. The second-order valence-electron chi connectivity index (χ2n) is 4.95. The van der Waals surface area contributed by atoms with Crippen LogP contribution < -0.4 is 0 Å². The van der Waals surface area contributed by atoms with E-state index in [-0.39, 0.29) is 23.9 Å². The summed E-state index contributed by atoms with van der Waals surface area (Å²) in [6, 6.07) is 6.77. The molecule has 0 aliphatic carbocycles. The summed E-state index contributed by atoms with van der Waals surface area (Å²) in [4.78, 5) is 23.5. The van der Waals surface area contributed by atoms with Gasteiger partial charge >= 0.3 is 5.97 Å². The van der Waals surface area contributed by atoms with Crippen molar-refractivity contribution in [1.29, 1.82) is 0 Å². The number of nitrogens with zero attached hydrogens (tertiary/aromatic N) is 3. The van der Waals surface area contributed by atoms with Crippen LogP contribution in [0.25, 0.3) is 11.4 Å². The SMILES string of the molecule is O=C(O)CC(Cl)Sc1ccc(-c2nc(C(Cl)(Cl)Cl)nc(C(Cl)(Cl)Cl)n2)cc1. The lowest BCUT2D eigenvalue weighted by Gasteiger charge is -2.15. The maximum absolute atomic E-state index is 10.7. The first kappa shape index (κ1) is 23.4. The minimum Gasteiger partial charge on any atom is -0.481 e. The van der Waals surface area contributed by atoms with E-state index in [1.165, 1.54) is 11.8 Å². The van der Waals surface area contributed by atoms with Crippen LogP contribution in [0, 0.1) is 0 Å². The normalized spacial score (nSPS) is 13.4. The standard InChI is InChI=1S/C14H8Cl7N3O2S/c15-8(5-9(25)26)27-7-3-1-6(2-4-7)10-22-11(13(16,17)18)24-12(23-10)14(19,20)21/h1-4,8H,5H2,(H,25,26). The van der Waals surface area contributed by atoms with Crippen molar-refractivity contribution in [3.8, 4) is 11.4 Å². The first-order chi connectivity index (χ1) is 12.4. The average molecular weight is 530 g/mol. The molecule has 0 saturated heterocycles. The Balaban J connectivity index is 2.35. The van der Waals surface area contributed by atoms with Crippen molar-refractivity contribution in [2.75, 3.05) is 0 Å². The lowest BCUT2D eigenvalue weighted by Crippen LogP contribution is -2.16. The summed E-state index contributed by atoms with van der Waals surface area (Å²) in [6.45, 7) is 0. The summed E-state index contributed by atoms with van der Waals surface area (Å²) < 4.78 is -4.50. The number of benzene rings is 1. The first-order valence-corrected chi connectivity index (χ1v) is 10.5. The van der Waals surface area contributed by atoms with Crippen LogP contribution in [0.5, 0.6) is 0 Å². The zero-order chi connectivity index (χ0) is 20.4. The minimum absolute atomic E-state index is 0.136. The van der Waals surface area contributed by atoms with Gasteiger partial charge in [0.15, 0.2) is 17.5 Å². The fourth-order valence-corrected chi connectivity index (χ4v) is 3.53. The predicted octanol–water partition coefficient (Wildman–Crippen LogP) is 6.32. The van der Waals surface area contributed by atoms with Gasteiger partial charge in [-0.1, -0.05) is 81.7 Å². The van der Waals surface area contributed by atoms with Crippen molar-refractivity contribution in [3.63, 3.8) is 0 Å². The van der Waals surface area contributed by atoms with Crippen molar-refractivity contribution in [2.45, 2.75) is 23.6 Å². The Kier molecular flexibility index (Phi) is 8.02. The topological polar surface area (TPSA) is 76.0 Å². The number of carbonyl (C=O) groups is 1. The predicted molar refractivity (Wildman–Crippen MR) is 111 cm³/mol. The molecule has 1 aromatic heterocycles. The van der Waals surface area contributed by atoms with Gasteiger partial charge in [0.2, 0.25) is 7.59 Å². The van der Waals surface area contributed by atoms with Crippen LogP contribution in [-0.2, 0) is 12.4 Å². The van der Waals surface area contributed by atoms with Gasteiger partial charge < -0.3 is 5.11 Å². The van der Waals surface area contributed by atoms with Crippen LogP contribution >= 0.6 is 93.0 Å². The number of halogens is 7. The maximum atomic E-state index is 10.7. The van der Waals surface area contributed by atoms with Gasteiger partial charge in [-0.3, -0.25) is 4.79 Å². The van der Waals surface area contributed by atoms with E-state index in [0.29, 0.717) is 5.56 Å². The Labute approximate surface area is 193 Å². The number of hydrogen-bond donors (Lipinski definition) is 1. The summed E-state index contributed by atoms with van der Waals surface area (Å²) in [5.74, 6) is -1.24. The smallest absolute Gasteiger partial charge is 0.305 e. The van der Waals surface area contributed by atoms with Crippen LogP contribution in [0.15, 0.2) is 29.2 Å². The number of aliphatic carboxylic acids is 1. The molecule has 0 aliphatic heterocycles. The second kappa shape index (κ2) is 9.26. The molecular formula is C14H8Cl7N3O2S. The molecule has 1 N–H and O–H groups in total. The van der Waals surface area contributed by atoms with Gasteiger partial charge in [-0.2, -0.15) is 0 Å². The van der Waals surface area contributed by atoms with E-state index in [4.69, 9.17) is 86.3 Å². The molecule has 0 fully saturated rings. The third-order valence-corrected chi connectivity index (χ3v) is 5.26. The molecule has 27 heavy (non-hydrogen) atoms. The third-order valence-electron chi connectivity index (χ3n) is 2.85. The van der Waals surface area contributed by atoms with Crippen molar-refractivity contribution in [1.82, 2.24) is 15.0 Å². The molecule has 0 spiro atoms. The number of rotatable bonds is 5. The van der Waals surface area contributed by atoms with Gasteiger partial charge in [0.05, 0.1) is 11.1 Å².